The molecule has 1 aliphatic rings. The molecule has 27 heavy (non-hydrogen) atoms. The number of benzene rings is 2. The van der Waals surface area contributed by atoms with Crippen molar-refractivity contribution in [3.05, 3.63) is 74.3 Å². The highest BCUT2D eigenvalue weighted by atomic mass is 35.5. The van der Waals surface area contributed by atoms with E-state index in [4.69, 9.17) is 11.6 Å². The Kier molecular flexibility index (Phi) is 6.08. The Hall–Kier alpha value is -2.44. The van der Waals surface area contributed by atoms with Gasteiger partial charge in [-0.15, -0.1) is 0 Å². The Morgan fingerprint density at radius 1 is 1.26 bits per heavy atom. The third-order valence-electron chi connectivity index (χ3n) is 4.97. The highest BCUT2D eigenvalue weighted by molar-refractivity contribution is 6.31. The fourth-order valence-corrected chi connectivity index (χ4v) is 3.73. The quantitative estimate of drug-likeness (QED) is 0.597. The third kappa shape index (κ3) is 4.46. The van der Waals surface area contributed by atoms with Crippen molar-refractivity contribution >= 4 is 23.2 Å². The number of aryl methyl sites for hydroxylation is 1. The lowest BCUT2D eigenvalue weighted by Gasteiger charge is -2.29. The summed E-state index contributed by atoms with van der Waals surface area (Å²) in [6, 6.07) is 12.2. The largest absolute Gasteiger partial charge is 0.350 e. The fourth-order valence-electron chi connectivity index (χ4n) is 3.47. The first-order valence-corrected chi connectivity index (χ1v) is 9.37. The lowest BCUT2D eigenvalue weighted by Crippen LogP contribution is -2.37. The Bertz CT molecular complexity index is 850. The average Bonchev–Trinajstić information content (AvgIpc) is 3.17. The van der Waals surface area contributed by atoms with E-state index < -0.39 is 4.92 Å². The molecule has 1 amide bonds. The summed E-state index contributed by atoms with van der Waals surface area (Å²) in [5.74, 6) is -0.325. The molecule has 1 saturated heterocycles. The molecular weight excluding hydrogens is 366 g/mol. The number of likely N-dealkylation sites (tertiary alicyclic amines) is 1. The molecule has 1 heterocycles. The van der Waals surface area contributed by atoms with Crippen LogP contribution >= 0.6 is 11.6 Å². The van der Waals surface area contributed by atoms with Crippen molar-refractivity contribution in [3.63, 3.8) is 0 Å². The Labute approximate surface area is 163 Å². The molecule has 6 nitrogen and oxygen atoms in total. The van der Waals surface area contributed by atoms with Crippen LogP contribution in [0.4, 0.5) is 5.69 Å². The standard InChI is InChI=1S/C20H22ClN3O3/c1-14-8-9-15(12-18(14)24(26)27)20(25)22-13-19(23-10-4-5-11-23)16-6-2-3-7-17(16)21/h2-3,6-9,12,19H,4-5,10-11,13H2,1H3,(H,22,25). The number of nitrogens with zero attached hydrogens (tertiary/aromatic N) is 2. The van der Waals surface area contributed by atoms with Gasteiger partial charge in [-0.1, -0.05) is 35.9 Å². The predicted octanol–water partition coefficient (Wildman–Crippen LogP) is 4.12. The van der Waals surface area contributed by atoms with Crippen molar-refractivity contribution in [2.75, 3.05) is 19.6 Å². The number of carbonyl (C=O) groups is 1. The van der Waals surface area contributed by atoms with Gasteiger partial charge in [-0.05, 0) is 50.6 Å². The van der Waals surface area contributed by atoms with Gasteiger partial charge in [0.15, 0.2) is 0 Å². The monoisotopic (exact) mass is 387 g/mol. The number of nitrogens with one attached hydrogen (secondary N) is 1. The zero-order valence-electron chi connectivity index (χ0n) is 15.2. The van der Waals surface area contributed by atoms with E-state index in [1.54, 1.807) is 19.1 Å². The molecule has 7 heteroatoms. The van der Waals surface area contributed by atoms with Gasteiger partial charge in [0.2, 0.25) is 0 Å². The van der Waals surface area contributed by atoms with Crippen LogP contribution in [0.3, 0.4) is 0 Å². The number of carbonyl (C=O) groups excluding carboxylic acids is 1. The maximum Gasteiger partial charge on any atom is 0.273 e. The summed E-state index contributed by atoms with van der Waals surface area (Å²) in [5, 5.41) is 14.7. The van der Waals surface area contributed by atoms with E-state index >= 15 is 0 Å². The molecule has 0 aliphatic carbocycles. The van der Waals surface area contributed by atoms with Gasteiger partial charge in [0.05, 0.1) is 11.0 Å². The minimum absolute atomic E-state index is 0.0226. The third-order valence-corrected chi connectivity index (χ3v) is 5.31. The smallest absolute Gasteiger partial charge is 0.273 e. The molecule has 1 unspecified atom stereocenters. The van der Waals surface area contributed by atoms with E-state index in [0.29, 0.717) is 17.1 Å². The van der Waals surface area contributed by atoms with Gasteiger partial charge in [-0.3, -0.25) is 19.8 Å². The molecule has 1 N–H and O–H groups in total. The van der Waals surface area contributed by atoms with E-state index in [0.717, 1.165) is 31.5 Å². The highest BCUT2D eigenvalue weighted by Gasteiger charge is 2.26. The second kappa shape index (κ2) is 8.50. The first-order valence-electron chi connectivity index (χ1n) is 8.99. The molecule has 142 valence electrons. The Morgan fingerprint density at radius 2 is 1.96 bits per heavy atom. The maximum atomic E-state index is 12.6. The first kappa shape index (κ1) is 19.3. The molecule has 0 aromatic heterocycles. The number of hydrogen-bond acceptors (Lipinski definition) is 4. The normalized spacial score (nSPS) is 15.5. The second-order valence-corrected chi connectivity index (χ2v) is 7.16. The van der Waals surface area contributed by atoms with E-state index in [1.165, 1.54) is 6.07 Å². The van der Waals surface area contributed by atoms with Crippen molar-refractivity contribution in [2.24, 2.45) is 0 Å². The SMILES string of the molecule is Cc1ccc(C(=O)NCC(c2ccccc2Cl)N2CCCC2)cc1[N+](=O)[O-]. The van der Waals surface area contributed by atoms with E-state index in [9.17, 15) is 14.9 Å². The van der Waals surface area contributed by atoms with Crippen molar-refractivity contribution in [3.8, 4) is 0 Å². The van der Waals surface area contributed by atoms with Gasteiger partial charge in [0.1, 0.15) is 0 Å². The number of rotatable bonds is 6. The van der Waals surface area contributed by atoms with Crippen LogP contribution in [-0.2, 0) is 0 Å². The van der Waals surface area contributed by atoms with Gasteiger partial charge < -0.3 is 5.32 Å². The van der Waals surface area contributed by atoms with E-state index in [-0.39, 0.29) is 23.2 Å². The molecule has 1 aliphatic heterocycles. The first-order chi connectivity index (χ1) is 13.0. The van der Waals surface area contributed by atoms with Crippen LogP contribution in [0.2, 0.25) is 5.02 Å². The van der Waals surface area contributed by atoms with Crippen LogP contribution in [0.15, 0.2) is 42.5 Å². The van der Waals surface area contributed by atoms with Crippen LogP contribution in [0.1, 0.15) is 40.4 Å². The topological polar surface area (TPSA) is 75.5 Å². The van der Waals surface area contributed by atoms with Crippen LogP contribution in [0.5, 0.6) is 0 Å². The van der Waals surface area contributed by atoms with Gasteiger partial charge >= 0.3 is 0 Å². The number of hydrogen-bond donors (Lipinski definition) is 1. The maximum absolute atomic E-state index is 12.6. The number of halogens is 1. The summed E-state index contributed by atoms with van der Waals surface area (Å²) >= 11 is 6.39. The van der Waals surface area contributed by atoms with Gasteiger partial charge in [-0.2, -0.15) is 0 Å². The molecule has 2 aromatic carbocycles. The molecule has 3 rings (SSSR count). The second-order valence-electron chi connectivity index (χ2n) is 6.75. The summed E-state index contributed by atoms with van der Waals surface area (Å²) in [4.78, 5) is 25.5. The average molecular weight is 388 g/mol. The van der Waals surface area contributed by atoms with Crippen molar-refractivity contribution in [1.29, 1.82) is 0 Å². The molecule has 0 bridgehead atoms. The minimum atomic E-state index is -0.469. The lowest BCUT2D eigenvalue weighted by atomic mass is 10.0. The summed E-state index contributed by atoms with van der Waals surface area (Å²) < 4.78 is 0. The van der Waals surface area contributed by atoms with Crippen LogP contribution in [0, 0.1) is 17.0 Å². The van der Waals surface area contributed by atoms with E-state index in [1.807, 2.05) is 24.3 Å². The Balaban J connectivity index is 1.77. The zero-order chi connectivity index (χ0) is 19.4. The van der Waals surface area contributed by atoms with Crippen molar-refractivity contribution in [1.82, 2.24) is 10.2 Å². The zero-order valence-corrected chi connectivity index (χ0v) is 15.9. The van der Waals surface area contributed by atoms with Gasteiger partial charge in [-0.25, -0.2) is 0 Å². The summed E-state index contributed by atoms with van der Waals surface area (Å²) in [6.07, 6.45) is 2.25. The van der Waals surface area contributed by atoms with Gasteiger partial charge in [0.25, 0.3) is 11.6 Å². The number of nitro benzene ring substituents is 1. The molecule has 0 radical (unpaired) electrons. The van der Waals surface area contributed by atoms with Crippen LogP contribution in [-0.4, -0.2) is 35.4 Å². The fraction of sp³-hybridized carbons (Fsp3) is 0.350. The van der Waals surface area contributed by atoms with Crippen molar-refractivity contribution < 1.29 is 9.72 Å². The number of amides is 1. The summed E-state index contributed by atoms with van der Waals surface area (Å²) in [7, 11) is 0. The van der Waals surface area contributed by atoms with Gasteiger partial charge in [0, 0.05) is 28.8 Å². The predicted molar refractivity (Wildman–Crippen MR) is 105 cm³/mol. The van der Waals surface area contributed by atoms with Crippen molar-refractivity contribution in [2.45, 2.75) is 25.8 Å². The molecular formula is C20H22ClN3O3. The summed E-state index contributed by atoms with van der Waals surface area (Å²) in [5.41, 5.74) is 1.75. The lowest BCUT2D eigenvalue weighted by molar-refractivity contribution is -0.385. The molecule has 0 spiro atoms. The Morgan fingerprint density at radius 3 is 2.63 bits per heavy atom. The molecule has 1 atom stereocenters. The molecule has 0 saturated carbocycles. The molecule has 2 aromatic rings. The number of nitro groups is 1. The highest BCUT2D eigenvalue weighted by Crippen LogP contribution is 2.30. The molecule has 1 fully saturated rings. The van der Waals surface area contributed by atoms with Crippen LogP contribution < -0.4 is 5.32 Å². The summed E-state index contributed by atoms with van der Waals surface area (Å²) in [6.45, 7) is 3.97. The minimum Gasteiger partial charge on any atom is -0.350 e. The van der Waals surface area contributed by atoms with Crippen LogP contribution in [0.25, 0.3) is 0 Å². The van der Waals surface area contributed by atoms with E-state index in [2.05, 4.69) is 10.2 Å².